The van der Waals surface area contributed by atoms with E-state index in [1.165, 1.54) is 0 Å². The minimum Gasteiger partial charge on any atom is -0.451 e. The predicted molar refractivity (Wildman–Crippen MR) is 114 cm³/mol. The molecule has 152 valence electrons. The molecule has 4 rings (SSSR count). The highest BCUT2D eigenvalue weighted by molar-refractivity contribution is 6.10. The van der Waals surface area contributed by atoms with Crippen molar-refractivity contribution in [2.24, 2.45) is 0 Å². The van der Waals surface area contributed by atoms with E-state index >= 15 is 0 Å². The second kappa shape index (κ2) is 7.59. The Morgan fingerprint density at radius 3 is 2.73 bits per heavy atom. The SMILES string of the molecule is CCn1c(=O)c(C)nc2cc(C(=O)O[C@@H](C)C(=O)c3c[nH]c4ccccc34)ccc21. The number of H-pyrrole nitrogens is 1. The summed E-state index contributed by atoms with van der Waals surface area (Å²) in [6.45, 7) is 5.57. The first-order chi connectivity index (χ1) is 14.4. The third kappa shape index (κ3) is 3.28. The van der Waals surface area contributed by atoms with Crippen molar-refractivity contribution in [1.82, 2.24) is 14.5 Å². The van der Waals surface area contributed by atoms with E-state index in [0.29, 0.717) is 28.8 Å². The molecule has 0 fully saturated rings. The number of nitrogens with one attached hydrogen (secondary N) is 1. The van der Waals surface area contributed by atoms with Crippen molar-refractivity contribution in [3.05, 3.63) is 75.8 Å². The number of rotatable bonds is 5. The second-order valence-electron chi connectivity index (χ2n) is 7.11. The van der Waals surface area contributed by atoms with Gasteiger partial charge in [0.1, 0.15) is 5.69 Å². The smallest absolute Gasteiger partial charge is 0.338 e. The number of hydrogen-bond donors (Lipinski definition) is 1. The molecule has 7 nitrogen and oxygen atoms in total. The fourth-order valence-electron chi connectivity index (χ4n) is 3.59. The summed E-state index contributed by atoms with van der Waals surface area (Å²) in [5.74, 6) is -0.901. The summed E-state index contributed by atoms with van der Waals surface area (Å²) in [4.78, 5) is 45.1. The van der Waals surface area contributed by atoms with Gasteiger partial charge < -0.3 is 14.3 Å². The first kappa shape index (κ1) is 19.6. The summed E-state index contributed by atoms with van der Waals surface area (Å²) in [5, 5.41) is 0.785. The average molecular weight is 403 g/mol. The number of aromatic nitrogens is 3. The van der Waals surface area contributed by atoms with Crippen molar-refractivity contribution in [2.45, 2.75) is 33.4 Å². The van der Waals surface area contributed by atoms with Crippen LogP contribution < -0.4 is 5.56 Å². The van der Waals surface area contributed by atoms with E-state index in [1.807, 2.05) is 31.2 Å². The third-order valence-corrected chi connectivity index (χ3v) is 5.17. The zero-order valence-corrected chi connectivity index (χ0v) is 16.9. The molecule has 0 amide bonds. The van der Waals surface area contributed by atoms with Crippen LogP contribution in [0.3, 0.4) is 0 Å². The number of esters is 1. The van der Waals surface area contributed by atoms with Crippen LogP contribution in [0, 0.1) is 6.92 Å². The Morgan fingerprint density at radius 2 is 1.97 bits per heavy atom. The highest BCUT2D eigenvalue weighted by Gasteiger charge is 2.23. The van der Waals surface area contributed by atoms with Crippen LogP contribution in [0.4, 0.5) is 0 Å². The number of ether oxygens (including phenoxy) is 1. The Morgan fingerprint density at radius 1 is 1.20 bits per heavy atom. The van der Waals surface area contributed by atoms with Crippen molar-refractivity contribution in [1.29, 1.82) is 0 Å². The molecule has 0 aliphatic rings. The lowest BCUT2D eigenvalue weighted by Crippen LogP contribution is -2.25. The van der Waals surface area contributed by atoms with Crippen LogP contribution in [0.25, 0.3) is 21.9 Å². The molecule has 0 spiro atoms. The predicted octanol–water partition coefficient (Wildman–Crippen LogP) is 3.63. The van der Waals surface area contributed by atoms with Crippen LogP contribution in [0.5, 0.6) is 0 Å². The van der Waals surface area contributed by atoms with Gasteiger partial charge in [-0.05, 0) is 45.0 Å². The Bertz CT molecular complexity index is 1350. The molecule has 30 heavy (non-hydrogen) atoms. The molecule has 0 aliphatic heterocycles. The molecule has 2 aromatic heterocycles. The summed E-state index contributed by atoms with van der Waals surface area (Å²) in [5.41, 5.74) is 2.97. The lowest BCUT2D eigenvalue weighted by Gasteiger charge is -2.13. The van der Waals surface area contributed by atoms with Gasteiger partial charge in [-0.3, -0.25) is 9.59 Å². The van der Waals surface area contributed by atoms with E-state index < -0.39 is 12.1 Å². The van der Waals surface area contributed by atoms with Gasteiger partial charge in [0.2, 0.25) is 5.78 Å². The van der Waals surface area contributed by atoms with Gasteiger partial charge in [0, 0.05) is 29.2 Å². The molecular weight excluding hydrogens is 382 g/mol. The largest absolute Gasteiger partial charge is 0.451 e. The van der Waals surface area contributed by atoms with Gasteiger partial charge in [0.15, 0.2) is 6.10 Å². The zero-order valence-electron chi connectivity index (χ0n) is 16.9. The normalized spacial score (nSPS) is 12.2. The highest BCUT2D eigenvalue weighted by Crippen LogP contribution is 2.21. The summed E-state index contributed by atoms with van der Waals surface area (Å²) in [6.07, 6.45) is 0.677. The van der Waals surface area contributed by atoms with Crippen LogP contribution in [0.15, 0.2) is 53.5 Å². The van der Waals surface area contributed by atoms with Crippen LogP contribution in [0.2, 0.25) is 0 Å². The number of fused-ring (bicyclic) bond motifs is 2. The molecule has 7 heteroatoms. The molecule has 0 saturated heterocycles. The standard InChI is InChI=1S/C23H21N3O4/c1-4-26-20-10-9-15(11-19(20)25-13(2)22(26)28)23(29)30-14(3)21(27)17-12-24-18-8-6-5-7-16(17)18/h5-12,14,24H,4H2,1-3H3/t14-/m0/s1. The van der Waals surface area contributed by atoms with Crippen molar-refractivity contribution in [3.63, 3.8) is 0 Å². The zero-order chi connectivity index (χ0) is 21.4. The maximum atomic E-state index is 12.8. The molecule has 4 aromatic rings. The van der Waals surface area contributed by atoms with E-state index in [2.05, 4.69) is 9.97 Å². The molecule has 2 heterocycles. The molecule has 1 atom stereocenters. The number of benzene rings is 2. The number of aryl methyl sites for hydroxylation is 2. The van der Waals surface area contributed by atoms with Gasteiger partial charge in [-0.25, -0.2) is 9.78 Å². The molecular formula is C23H21N3O4. The summed E-state index contributed by atoms with van der Waals surface area (Å²) < 4.78 is 7.04. The fraction of sp³-hybridized carbons (Fsp3) is 0.217. The van der Waals surface area contributed by atoms with Crippen molar-refractivity contribution in [2.75, 3.05) is 0 Å². The van der Waals surface area contributed by atoms with Gasteiger partial charge in [-0.15, -0.1) is 0 Å². The molecule has 1 N–H and O–H groups in total. The Balaban J connectivity index is 1.60. The van der Waals surface area contributed by atoms with Gasteiger partial charge in [0.25, 0.3) is 5.56 Å². The van der Waals surface area contributed by atoms with Crippen molar-refractivity contribution in [3.8, 4) is 0 Å². The first-order valence-corrected chi connectivity index (χ1v) is 9.73. The van der Waals surface area contributed by atoms with E-state index in [1.54, 1.807) is 42.8 Å². The summed E-state index contributed by atoms with van der Waals surface area (Å²) in [6, 6.07) is 12.3. The van der Waals surface area contributed by atoms with Gasteiger partial charge in [-0.2, -0.15) is 0 Å². The number of carbonyl (C=O) groups is 2. The van der Waals surface area contributed by atoms with Gasteiger partial charge >= 0.3 is 5.97 Å². The van der Waals surface area contributed by atoms with Crippen LogP contribution in [-0.2, 0) is 11.3 Å². The van der Waals surface area contributed by atoms with E-state index in [0.717, 1.165) is 10.9 Å². The third-order valence-electron chi connectivity index (χ3n) is 5.17. The number of para-hydroxylation sites is 1. The quantitative estimate of drug-likeness (QED) is 0.406. The fourth-order valence-corrected chi connectivity index (χ4v) is 3.59. The number of Topliss-reactive ketones (excluding diaryl/α,β-unsaturated/α-hetero) is 1. The van der Waals surface area contributed by atoms with Crippen LogP contribution in [0.1, 0.15) is 40.3 Å². The molecule has 0 aliphatic carbocycles. The van der Waals surface area contributed by atoms with Crippen LogP contribution in [-0.4, -0.2) is 32.4 Å². The number of ketones is 1. The lowest BCUT2D eigenvalue weighted by atomic mass is 10.1. The monoisotopic (exact) mass is 403 g/mol. The molecule has 2 aromatic carbocycles. The minimum absolute atomic E-state index is 0.154. The number of aromatic amines is 1. The number of hydrogen-bond acceptors (Lipinski definition) is 5. The second-order valence-corrected chi connectivity index (χ2v) is 7.11. The maximum absolute atomic E-state index is 12.8. The van der Waals surface area contributed by atoms with Gasteiger partial charge in [-0.1, -0.05) is 18.2 Å². The Kier molecular flexibility index (Phi) is 4.95. The Labute approximate surface area is 172 Å². The number of nitrogens with zero attached hydrogens (tertiary/aromatic N) is 2. The van der Waals surface area contributed by atoms with Gasteiger partial charge in [0.05, 0.1) is 16.6 Å². The van der Waals surface area contributed by atoms with Crippen molar-refractivity contribution >= 4 is 33.7 Å². The molecule has 0 bridgehead atoms. The van der Waals surface area contributed by atoms with E-state index in [9.17, 15) is 14.4 Å². The topological polar surface area (TPSA) is 94.0 Å². The van der Waals surface area contributed by atoms with E-state index in [-0.39, 0.29) is 16.9 Å². The summed E-state index contributed by atoms with van der Waals surface area (Å²) >= 11 is 0. The maximum Gasteiger partial charge on any atom is 0.338 e. The molecule has 0 radical (unpaired) electrons. The van der Waals surface area contributed by atoms with Crippen LogP contribution >= 0.6 is 0 Å². The first-order valence-electron chi connectivity index (χ1n) is 9.73. The molecule has 0 saturated carbocycles. The summed E-state index contributed by atoms with van der Waals surface area (Å²) in [7, 11) is 0. The highest BCUT2D eigenvalue weighted by atomic mass is 16.5. The lowest BCUT2D eigenvalue weighted by molar-refractivity contribution is 0.0319. The Hall–Kier alpha value is -3.74. The minimum atomic E-state index is -0.952. The van der Waals surface area contributed by atoms with Crippen molar-refractivity contribution < 1.29 is 14.3 Å². The number of carbonyl (C=O) groups excluding carboxylic acids is 2. The van der Waals surface area contributed by atoms with E-state index in [4.69, 9.17) is 4.74 Å². The molecule has 0 unspecified atom stereocenters. The average Bonchev–Trinajstić information content (AvgIpc) is 3.18.